The Morgan fingerprint density at radius 1 is 1.29 bits per heavy atom. The van der Waals surface area contributed by atoms with E-state index in [4.69, 9.17) is 0 Å². The first-order valence-electron chi connectivity index (χ1n) is 7.71. The lowest BCUT2D eigenvalue weighted by molar-refractivity contribution is 0.316. The predicted octanol–water partition coefficient (Wildman–Crippen LogP) is 2.57. The second-order valence-corrected chi connectivity index (χ2v) is 8.04. The summed E-state index contributed by atoms with van der Waals surface area (Å²) in [6.07, 6.45) is 3.50. The molecule has 0 saturated heterocycles. The van der Waals surface area contributed by atoms with E-state index in [2.05, 4.69) is 23.9 Å². The topological polar surface area (TPSA) is 58.2 Å². The molecule has 2 rings (SSSR count). The smallest absolute Gasteiger partial charge is 0.240 e. The van der Waals surface area contributed by atoms with Crippen molar-refractivity contribution in [1.29, 1.82) is 0 Å². The van der Waals surface area contributed by atoms with E-state index in [1.807, 2.05) is 13.0 Å². The third-order valence-electron chi connectivity index (χ3n) is 4.12. The monoisotopic (exact) mass is 310 g/mol. The fourth-order valence-electron chi connectivity index (χ4n) is 2.33. The van der Waals surface area contributed by atoms with Crippen molar-refractivity contribution in [2.45, 2.75) is 57.5 Å². The van der Waals surface area contributed by atoms with Crippen molar-refractivity contribution >= 4 is 10.0 Å². The van der Waals surface area contributed by atoms with Gasteiger partial charge in [0.1, 0.15) is 0 Å². The van der Waals surface area contributed by atoms with Gasteiger partial charge in [-0.2, -0.15) is 0 Å². The molecule has 21 heavy (non-hydrogen) atoms. The third-order valence-corrected chi connectivity index (χ3v) is 5.54. The highest BCUT2D eigenvalue weighted by Gasteiger charge is 2.21. The van der Waals surface area contributed by atoms with Gasteiger partial charge in [-0.15, -0.1) is 0 Å². The normalized spacial score (nSPS) is 16.2. The van der Waals surface area contributed by atoms with Crippen molar-refractivity contribution in [1.82, 2.24) is 10.0 Å². The van der Waals surface area contributed by atoms with Gasteiger partial charge in [-0.05, 0) is 48.9 Å². The third kappa shape index (κ3) is 4.53. The van der Waals surface area contributed by atoms with E-state index in [-0.39, 0.29) is 0 Å². The maximum Gasteiger partial charge on any atom is 0.240 e. The summed E-state index contributed by atoms with van der Waals surface area (Å²) >= 11 is 0. The van der Waals surface area contributed by atoms with Crippen molar-refractivity contribution in [3.63, 3.8) is 0 Å². The van der Waals surface area contributed by atoms with E-state index in [9.17, 15) is 8.42 Å². The van der Waals surface area contributed by atoms with Crippen LogP contribution in [0.25, 0.3) is 0 Å². The maximum atomic E-state index is 12.3. The van der Waals surface area contributed by atoms with Crippen molar-refractivity contribution in [3.8, 4) is 0 Å². The Bertz CT molecular complexity index is 578. The fraction of sp³-hybridized carbons (Fsp3) is 0.625. The highest BCUT2D eigenvalue weighted by molar-refractivity contribution is 7.89. The molecule has 2 N–H and O–H groups in total. The molecule has 0 amide bonds. The summed E-state index contributed by atoms with van der Waals surface area (Å²) in [5, 5.41) is 3.33. The Morgan fingerprint density at radius 3 is 2.57 bits per heavy atom. The molecule has 1 aliphatic rings. The summed E-state index contributed by atoms with van der Waals surface area (Å²) in [6, 6.07) is 5.74. The van der Waals surface area contributed by atoms with Crippen LogP contribution in [0.15, 0.2) is 23.1 Å². The number of rotatable bonds is 7. The minimum Gasteiger partial charge on any atom is -0.310 e. The molecule has 0 aliphatic heterocycles. The number of benzene rings is 1. The lowest BCUT2D eigenvalue weighted by Crippen LogP contribution is -2.32. The van der Waals surface area contributed by atoms with Gasteiger partial charge < -0.3 is 5.32 Å². The van der Waals surface area contributed by atoms with Crippen LogP contribution in [0.5, 0.6) is 0 Å². The standard InChI is InChI=1S/C16H26N2O2S/c1-12(2)17-11-15-9-16(8-7-13(15)3)21(19,20)18-10-14-5-4-6-14/h7-9,12,14,17-18H,4-6,10-11H2,1-3H3. The molecule has 0 radical (unpaired) electrons. The molecule has 4 nitrogen and oxygen atoms in total. The first kappa shape index (κ1) is 16.5. The molecule has 0 spiro atoms. The molecule has 0 aromatic heterocycles. The Kier molecular flexibility index (Phi) is 5.41. The van der Waals surface area contributed by atoms with Crippen molar-refractivity contribution in [2.75, 3.05) is 6.54 Å². The van der Waals surface area contributed by atoms with Crippen LogP contribution in [0.3, 0.4) is 0 Å². The summed E-state index contributed by atoms with van der Waals surface area (Å²) < 4.78 is 27.4. The van der Waals surface area contributed by atoms with Gasteiger partial charge in [0, 0.05) is 19.1 Å². The van der Waals surface area contributed by atoms with Crippen LogP contribution in [-0.2, 0) is 16.6 Å². The molecule has 1 aromatic carbocycles. The van der Waals surface area contributed by atoms with Crippen LogP contribution >= 0.6 is 0 Å². The zero-order chi connectivity index (χ0) is 15.5. The molecule has 0 atom stereocenters. The second-order valence-electron chi connectivity index (χ2n) is 6.27. The van der Waals surface area contributed by atoms with E-state index in [1.54, 1.807) is 12.1 Å². The number of sulfonamides is 1. The molecule has 5 heteroatoms. The van der Waals surface area contributed by atoms with Crippen LogP contribution in [0.2, 0.25) is 0 Å². The first-order chi connectivity index (χ1) is 9.88. The van der Waals surface area contributed by atoms with Gasteiger partial charge in [0.15, 0.2) is 0 Å². The molecule has 0 heterocycles. The molecule has 118 valence electrons. The van der Waals surface area contributed by atoms with E-state index in [1.165, 1.54) is 6.42 Å². The largest absolute Gasteiger partial charge is 0.310 e. The number of aryl methyl sites for hydroxylation is 1. The van der Waals surface area contributed by atoms with Gasteiger partial charge in [-0.1, -0.05) is 26.3 Å². The molecule has 1 aromatic rings. The maximum absolute atomic E-state index is 12.3. The SMILES string of the molecule is Cc1ccc(S(=O)(=O)NCC2CCC2)cc1CNC(C)C. The first-order valence-corrected chi connectivity index (χ1v) is 9.19. The summed E-state index contributed by atoms with van der Waals surface area (Å²) in [5.74, 6) is 0.521. The zero-order valence-corrected chi connectivity index (χ0v) is 14.0. The molecule has 0 bridgehead atoms. The second kappa shape index (κ2) is 6.90. The summed E-state index contributed by atoms with van der Waals surface area (Å²) in [5.41, 5.74) is 2.15. The van der Waals surface area contributed by atoms with Gasteiger partial charge in [-0.3, -0.25) is 0 Å². The molecule has 1 saturated carbocycles. The lowest BCUT2D eigenvalue weighted by Gasteiger charge is -2.25. The lowest BCUT2D eigenvalue weighted by atomic mass is 9.86. The quantitative estimate of drug-likeness (QED) is 0.814. The van der Waals surface area contributed by atoms with Gasteiger partial charge in [0.05, 0.1) is 4.90 Å². The van der Waals surface area contributed by atoms with E-state index in [0.717, 1.165) is 24.0 Å². The van der Waals surface area contributed by atoms with Crippen molar-refractivity contribution in [2.24, 2.45) is 5.92 Å². The van der Waals surface area contributed by atoms with E-state index < -0.39 is 10.0 Å². The summed E-state index contributed by atoms with van der Waals surface area (Å²) in [4.78, 5) is 0.368. The highest BCUT2D eigenvalue weighted by atomic mass is 32.2. The van der Waals surface area contributed by atoms with Crippen LogP contribution in [0.4, 0.5) is 0 Å². The predicted molar refractivity (Wildman–Crippen MR) is 85.7 cm³/mol. The van der Waals surface area contributed by atoms with Gasteiger partial charge >= 0.3 is 0 Å². The Hall–Kier alpha value is -0.910. The summed E-state index contributed by atoms with van der Waals surface area (Å²) in [6.45, 7) is 7.42. The highest BCUT2D eigenvalue weighted by Crippen LogP contribution is 2.26. The van der Waals surface area contributed by atoms with Crippen LogP contribution in [0.1, 0.15) is 44.2 Å². The molecular formula is C16H26N2O2S. The van der Waals surface area contributed by atoms with Crippen molar-refractivity contribution < 1.29 is 8.42 Å². The Balaban J connectivity index is 2.08. The minimum absolute atomic E-state index is 0.368. The van der Waals surface area contributed by atoms with E-state index >= 15 is 0 Å². The molecule has 1 fully saturated rings. The average molecular weight is 310 g/mol. The minimum atomic E-state index is -3.39. The van der Waals surface area contributed by atoms with E-state index in [0.29, 0.717) is 29.9 Å². The van der Waals surface area contributed by atoms with Crippen LogP contribution < -0.4 is 10.0 Å². The molecule has 0 unspecified atom stereocenters. The van der Waals surface area contributed by atoms with Gasteiger partial charge in [-0.25, -0.2) is 13.1 Å². The number of hydrogen-bond donors (Lipinski definition) is 2. The average Bonchev–Trinajstić information content (AvgIpc) is 2.35. The molecule has 1 aliphatic carbocycles. The number of hydrogen-bond acceptors (Lipinski definition) is 3. The fourth-order valence-corrected chi connectivity index (χ4v) is 3.49. The van der Waals surface area contributed by atoms with Gasteiger partial charge in [0.25, 0.3) is 0 Å². The van der Waals surface area contributed by atoms with Crippen molar-refractivity contribution in [3.05, 3.63) is 29.3 Å². The molecular weight excluding hydrogens is 284 g/mol. The Morgan fingerprint density at radius 2 is 2.00 bits per heavy atom. The van der Waals surface area contributed by atoms with Crippen LogP contribution in [-0.4, -0.2) is 21.0 Å². The summed E-state index contributed by atoms with van der Waals surface area (Å²) in [7, 11) is -3.39. The van der Waals surface area contributed by atoms with Crippen LogP contribution in [0, 0.1) is 12.8 Å². The Labute approximate surface area is 128 Å². The van der Waals surface area contributed by atoms with Gasteiger partial charge in [0.2, 0.25) is 10.0 Å². The number of nitrogens with one attached hydrogen (secondary N) is 2. The zero-order valence-electron chi connectivity index (χ0n) is 13.1.